The van der Waals surface area contributed by atoms with Gasteiger partial charge >= 0.3 is 0 Å². The fraction of sp³-hybridized carbons (Fsp3) is 0.148. The molecule has 2 N–H and O–H groups in total. The van der Waals surface area contributed by atoms with Gasteiger partial charge in [0.1, 0.15) is 29.7 Å². The van der Waals surface area contributed by atoms with Crippen LogP contribution in [0.2, 0.25) is 0 Å². The number of nitrogens with zero attached hydrogens (tertiary/aromatic N) is 3. The van der Waals surface area contributed by atoms with E-state index in [2.05, 4.69) is 26.0 Å². The molecule has 0 atom stereocenters. The van der Waals surface area contributed by atoms with Crippen molar-refractivity contribution in [1.29, 1.82) is 0 Å². The number of hydrogen-bond acceptors (Lipinski definition) is 8. The Hall–Kier alpha value is -4.57. The van der Waals surface area contributed by atoms with E-state index in [9.17, 15) is 9.59 Å². The highest BCUT2D eigenvalue weighted by atomic mass is 32.1. The zero-order valence-electron chi connectivity index (χ0n) is 20.1. The summed E-state index contributed by atoms with van der Waals surface area (Å²) in [6, 6.07) is 23.9. The fourth-order valence-corrected chi connectivity index (χ4v) is 3.83. The highest BCUT2D eigenvalue weighted by Crippen LogP contribution is 2.17. The van der Waals surface area contributed by atoms with E-state index < -0.39 is 0 Å². The van der Waals surface area contributed by atoms with E-state index in [1.807, 2.05) is 61.5 Å². The predicted molar refractivity (Wildman–Crippen MR) is 142 cm³/mol. The van der Waals surface area contributed by atoms with Crippen LogP contribution in [0.1, 0.15) is 26.5 Å². The Morgan fingerprint density at radius 2 is 1.54 bits per heavy atom. The molecule has 188 valence electrons. The number of rotatable bonds is 11. The SMILES string of the molecule is Cc1ccc(OCCOc2ccc(/C=N\NC(=O)Cc3nnc(NC(=O)c4ccccc4)s3)cc2)cc1. The van der Waals surface area contributed by atoms with Crippen molar-refractivity contribution in [3.63, 3.8) is 0 Å². The van der Waals surface area contributed by atoms with E-state index >= 15 is 0 Å². The van der Waals surface area contributed by atoms with Crippen molar-refractivity contribution in [3.8, 4) is 11.5 Å². The lowest BCUT2D eigenvalue weighted by molar-refractivity contribution is -0.120. The van der Waals surface area contributed by atoms with E-state index in [0.29, 0.717) is 34.7 Å². The summed E-state index contributed by atoms with van der Waals surface area (Å²) in [6.07, 6.45) is 1.53. The van der Waals surface area contributed by atoms with Crippen LogP contribution in [0.25, 0.3) is 0 Å². The van der Waals surface area contributed by atoms with E-state index in [1.54, 1.807) is 24.3 Å². The summed E-state index contributed by atoms with van der Waals surface area (Å²) in [5.41, 5.74) is 4.96. The smallest absolute Gasteiger partial charge is 0.257 e. The van der Waals surface area contributed by atoms with Crippen molar-refractivity contribution in [2.75, 3.05) is 18.5 Å². The fourth-order valence-electron chi connectivity index (χ4n) is 3.09. The normalized spacial score (nSPS) is 10.7. The highest BCUT2D eigenvalue weighted by molar-refractivity contribution is 7.15. The van der Waals surface area contributed by atoms with Crippen molar-refractivity contribution in [2.24, 2.45) is 5.10 Å². The lowest BCUT2D eigenvalue weighted by atomic mass is 10.2. The van der Waals surface area contributed by atoms with Crippen LogP contribution < -0.4 is 20.2 Å². The molecule has 0 bridgehead atoms. The third kappa shape index (κ3) is 8.25. The molecular formula is C27H25N5O4S. The lowest BCUT2D eigenvalue weighted by Crippen LogP contribution is -2.19. The summed E-state index contributed by atoms with van der Waals surface area (Å²) in [6.45, 7) is 2.89. The Morgan fingerprint density at radius 3 is 2.22 bits per heavy atom. The summed E-state index contributed by atoms with van der Waals surface area (Å²) in [4.78, 5) is 24.4. The molecular weight excluding hydrogens is 490 g/mol. The molecule has 2 amide bonds. The summed E-state index contributed by atoms with van der Waals surface area (Å²) in [5, 5.41) is 15.3. The standard InChI is InChI=1S/C27H25N5O4S/c1-19-7-11-22(12-8-19)35-15-16-36-23-13-9-20(10-14-23)18-28-30-24(33)17-25-31-32-27(37-25)29-26(34)21-5-3-2-4-6-21/h2-14,18H,15-17H2,1H3,(H,30,33)(H,29,32,34)/b28-18-. The predicted octanol–water partition coefficient (Wildman–Crippen LogP) is 4.25. The van der Waals surface area contributed by atoms with Crippen LogP contribution in [-0.2, 0) is 11.2 Å². The minimum absolute atomic E-state index is 0.00630. The van der Waals surface area contributed by atoms with Crippen LogP contribution in [0.4, 0.5) is 5.13 Å². The van der Waals surface area contributed by atoms with Gasteiger partial charge in [-0.25, -0.2) is 5.43 Å². The molecule has 3 aromatic carbocycles. The number of benzene rings is 3. The molecule has 1 aromatic heterocycles. The second-order valence-electron chi connectivity index (χ2n) is 7.87. The molecule has 37 heavy (non-hydrogen) atoms. The molecule has 4 aromatic rings. The third-order valence-corrected chi connectivity index (χ3v) is 5.80. The second-order valence-corrected chi connectivity index (χ2v) is 8.93. The van der Waals surface area contributed by atoms with Gasteiger partial charge < -0.3 is 9.47 Å². The molecule has 0 aliphatic rings. The Balaban J connectivity index is 1.16. The first-order chi connectivity index (χ1) is 18.0. The van der Waals surface area contributed by atoms with E-state index in [1.165, 1.54) is 11.8 Å². The van der Waals surface area contributed by atoms with Crippen LogP contribution >= 0.6 is 11.3 Å². The number of carbonyl (C=O) groups excluding carboxylic acids is 2. The van der Waals surface area contributed by atoms with Crippen molar-refractivity contribution >= 4 is 34.5 Å². The van der Waals surface area contributed by atoms with Gasteiger partial charge in [-0.15, -0.1) is 10.2 Å². The van der Waals surface area contributed by atoms with Gasteiger partial charge in [0.2, 0.25) is 11.0 Å². The van der Waals surface area contributed by atoms with E-state index in [-0.39, 0.29) is 18.2 Å². The molecule has 10 heteroatoms. The average Bonchev–Trinajstić information content (AvgIpc) is 3.35. The highest BCUT2D eigenvalue weighted by Gasteiger charge is 2.12. The summed E-state index contributed by atoms with van der Waals surface area (Å²) < 4.78 is 11.3. The van der Waals surface area contributed by atoms with Gasteiger partial charge in [-0.2, -0.15) is 5.10 Å². The maximum Gasteiger partial charge on any atom is 0.257 e. The Morgan fingerprint density at radius 1 is 0.892 bits per heavy atom. The van der Waals surface area contributed by atoms with Crippen molar-refractivity contribution < 1.29 is 19.1 Å². The number of hydrazone groups is 1. The number of nitrogens with one attached hydrogen (secondary N) is 2. The third-order valence-electron chi connectivity index (χ3n) is 4.96. The van der Waals surface area contributed by atoms with Gasteiger partial charge in [0.15, 0.2) is 0 Å². The number of hydrogen-bond donors (Lipinski definition) is 2. The monoisotopic (exact) mass is 515 g/mol. The molecule has 0 radical (unpaired) electrons. The maximum atomic E-state index is 12.2. The van der Waals surface area contributed by atoms with Crippen molar-refractivity contribution in [3.05, 3.63) is 101 Å². The number of carbonyl (C=O) groups is 2. The topological polar surface area (TPSA) is 115 Å². The molecule has 0 aliphatic heterocycles. The second kappa shape index (κ2) is 12.9. The summed E-state index contributed by atoms with van der Waals surface area (Å²) >= 11 is 1.13. The lowest BCUT2D eigenvalue weighted by Gasteiger charge is -2.08. The minimum atomic E-state index is -0.345. The molecule has 0 aliphatic carbocycles. The minimum Gasteiger partial charge on any atom is -0.490 e. The van der Waals surface area contributed by atoms with Crippen LogP contribution in [0, 0.1) is 6.92 Å². The summed E-state index contributed by atoms with van der Waals surface area (Å²) in [7, 11) is 0. The van der Waals surface area contributed by atoms with Gasteiger partial charge in [-0.3, -0.25) is 14.9 Å². The molecule has 4 rings (SSSR count). The zero-order chi connectivity index (χ0) is 25.9. The van der Waals surface area contributed by atoms with Crippen LogP contribution in [0.5, 0.6) is 11.5 Å². The van der Waals surface area contributed by atoms with Gasteiger partial charge in [0.05, 0.1) is 12.6 Å². The van der Waals surface area contributed by atoms with E-state index in [0.717, 1.165) is 22.6 Å². The number of amides is 2. The quantitative estimate of drug-likeness (QED) is 0.175. The average molecular weight is 516 g/mol. The largest absolute Gasteiger partial charge is 0.490 e. The molecule has 0 unspecified atom stereocenters. The van der Waals surface area contributed by atoms with Crippen LogP contribution in [0.3, 0.4) is 0 Å². The number of aromatic nitrogens is 2. The van der Waals surface area contributed by atoms with Crippen molar-refractivity contribution in [2.45, 2.75) is 13.3 Å². The maximum absolute atomic E-state index is 12.2. The van der Waals surface area contributed by atoms with Crippen molar-refractivity contribution in [1.82, 2.24) is 15.6 Å². The molecule has 9 nitrogen and oxygen atoms in total. The number of anilines is 1. The molecule has 0 saturated heterocycles. The molecule has 0 fully saturated rings. The zero-order valence-corrected chi connectivity index (χ0v) is 20.9. The summed E-state index contributed by atoms with van der Waals surface area (Å²) in [5.74, 6) is 0.885. The van der Waals surface area contributed by atoms with Crippen LogP contribution in [-0.4, -0.2) is 41.4 Å². The Kier molecular flexibility index (Phi) is 8.92. The Labute approximate surface area is 218 Å². The first-order valence-corrected chi connectivity index (χ1v) is 12.3. The Bertz CT molecular complexity index is 1340. The molecule has 0 saturated carbocycles. The van der Waals surface area contributed by atoms with E-state index in [4.69, 9.17) is 9.47 Å². The molecule has 1 heterocycles. The van der Waals surface area contributed by atoms with Gasteiger partial charge in [-0.05, 0) is 61.0 Å². The van der Waals surface area contributed by atoms with Gasteiger partial charge in [0, 0.05) is 5.56 Å². The number of ether oxygens (including phenoxy) is 2. The molecule has 0 spiro atoms. The van der Waals surface area contributed by atoms with Gasteiger partial charge in [0.25, 0.3) is 5.91 Å². The van der Waals surface area contributed by atoms with Gasteiger partial charge in [-0.1, -0.05) is 47.2 Å². The first kappa shape index (κ1) is 25.5. The van der Waals surface area contributed by atoms with Crippen LogP contribution in [0.15, 0.2) is 84.0 Å². The number of aryl methyl sites for hydroxylation is 1. The first-order valence-electron chi connectivity index (χ1n) is 11.5.